The number of hydrogen-bond acceptors (Lipinski definition) is 4. The summed E-state index contributed by atoms with van der Waals surface area (Å²) in [6.07, 6.45) is 0. The molecule has 0 fully saturated rings. The van der Waals surface area contributed by atoms with Gasteiger partial charge in [0.25, 0.3) is 11.6 Å². The van der Waals surface area contributed by atoms with E-state index in [0.29, 0.717) is 11.3 Å². The summed E-state index contributed by atoms with van der Waals surface area (Å²) >= 11 is 0. The fourth-order valence-electron chi connectivity index (χ4n) is 1.70. The molecule has 1 amide bonds. The van der Waals surface area contributed by atoms with Gasteiger partial charge in [-0.15, -0.1) is 0 Å². The third-order valence-corrected chi connectivity index (χ3v) is 2.85. The van der Waals surface area contributed by atoms with Crippen LogP contribution in [0.15, 0.2) is 48.5 Å². The molecule has 114 valence electrons. The second-order valence-electron chi connectivity index (χ2n) is 4.41. The van der Waals surface area contributed by atoms with Crippen LogP contribution in [0.1, 0.15) is 5.56 Å². The van der Waals surface area contributed by atoms with Crippen molar-refractivity contribution in [1.29, 1.82) is 0 Å². The number of halogens is 1. The number of nitrogens with zero attached hydrogens (tertiary/aromatic N) is 1. The molecule has 0 unspecified atom stereocenters. The zero-order valence-electron chi connectivity index (χ0n) is 11.5. The number of benzene rings is 2. The Labute approximate surface area is 125 Å². The maximum atomic E-state index is 13.4. The molecule has 2 aromatic rings. The summed E-state index contributed by atoms with van der Waals surface area (Å²) in [5, 5.41) is 13.0. The summed E-state index contributed by atoms with van der Waals surface area (Å²) in [7, 11) is 0. The van der Waals surface area contributed by atoms with Gasteiger partial charge in [0, 0.05) is 24.2 Å². The molecule has 0 spiro atoms. The molecule has 0 atom stereocenters. The lowest BCUT2D eigenvalue weighted by Crippen LogP contribution is -2.28. The Morgan fingerprint density at radius 3 is 2.50 bits per heavy atom. The standard InChI is InChI=1S/C15H13FN2O4/c16-14-4-2-1-3-11(14)9-17-15(19)10-22-13-7-5-12(6-8-13)18(20)21/h1-8H,9-10H2,(H,17,19). The van der Waals surface area contributed by atoms with Crippen molar-refractivity contribution in [2.75, 3.05) is 6.61 Å². The quantitative estimate of drug-likeness (QED) is 0.656. The minimum absolute atomic E-state index is 0.0589. The van der Waals surface area contributed by atoms with Crippen molar-refractivity contribution < 1.29 is 18.8 Å². The van der Waals surface area contributed by atoms with Crippen LogP contribution in [-0.2, 0) is 11.3 Å². The number of nitro benzene ring substituents is 1. The SMILES string of the molecule is O=C(COc1ccc([N+](=O)[O-])cc1)NCc1ccccc1F. The molecule has 2 rings (SSSR count). The first-order chi connectivity index (χ1) is 10.6. The zero-order chi connectivity index (χ0) is 15.9. The Bertz CT molecular complexity index is 673. The van der Waals surface area contributed by atoms with E-state index in [1.807, 2.05) is 0 Å². The van der Waals surface area contributed by atoms with Gasteiger partial charge in [0.2, 0.25) is 0 Å². The van der Waals surface area contributed by atoms with Crippen molar-refractivity contribution in [1.82, 2.24) is 5.32 Å². The Balaban J connectivity index is 1.80. The number of carbonyl (C=O) groups is 1. The van der Waals surface area contributed by atoms with Crippen molar-refractivity contribution in [3.63, 3.8) is 0 Å². The number of amides is 1. The van der Waals surface area contributed by atoms with Crippen LogP contribution in [-0.4, -0.2) is 17.4 Å². The van der Waals surface area contributed by atoms with Gasteiger partial charge in [-0.2, -0.15) is 0 Å². The molecule has 22 heavy (non-hydrogen) atoms. The first-order valence-electron chi connectivity index (χ1n) is 6.43. The van der Waals surface area contributed by atoms with Crippen LogP contribution in [0, 0.1) is 15.9 Å². The topological polar surface area (TPSA) is 81.5 Å². The summed E-state index contributed by atoms with van der Waals surface area (Å²) in [6.45, 7) is -0.193. The van der Waals surface area contributed by atoms with Crippen LogP contribution >= 0.6 is 0 Å². The molecule has 1 N–H and O–H groups in total. The zero-order valence-corrected chi connectivity index (χ0v) is 11.5. The summed E-state index contributed by atoms with van der Waals surface area (Å²) in [4.78, 5) is 21.6. The van der Waals surface area contributed by atoms with E-state index in [1.54, 1.807) is 18.2 Å². The molecule has 7 heteroatoms. The van der Waals surface area contributed by atoms with Crippen LogP contribution in [0.5, 0.6) is 5.75 Å². The average Bonchev–Trinajstić information content (AvgIpc) is 2.52. The van der Waals surface area contributed by atoms with Crippen LogP contribution in [0.25, 0.3) is 0 Å². The van der Waals surface area contributed by atoms with E-state index in [9.17, 15) is 19.3 Å². The minimum Gasteiger partial charge on any atom is -0.484 e. The van der Waals surface area contributed by atoms with Gasteiger partial charge < -0.3 is 10.1 Å². The van der Waals surface area contributed by atoms with Crippen LogP contribution in [0.4, 0.5) is 10.1 Å². The highest BCUT2D eigenvalue weighted by Crippen LogP contribution is 2.17. The van der Waals surface area contributed by atoms with Gasteiger partial charge in [-0.25, -0.2) is 4.39 Å². The van der Waals surface area contributed by atoms with Crippen LogP contribution < -0.4 is 10.1 Å². The number of non-ortho nitro benzene ring substituents is 1. The third kappa shape index (κ3) is 4.27. The van der Waals surface area contributed by atoms with Gasteiger partial charge in [0.15, 0.2) is 6.61 Å². The number of nitro groups is 1. The van der Waals surface area contributed by atoms with E-state index >= 15 is 0 Å². The van der Waals surface area contributed by atoms with E-state index in [0.717, 1.165) is 0 Å². The summed E-state index contributed by atoms with van der Waals surface area (Å²) in [5.74, 6) is -0.465. The van der Waals surface area contributed by atoms with Crippen LogP contribution in [0.3, 0.4) is 0 Å². The van der Waals surface area contributed by atoms with Crippen molar-refractivity contribution in [2.45, 2.75) is 6.54 Å². The fourth-order valence-corrected chi connectivity index (χ4v) is 1.70. The molecular formula is C15H13FN2O4. The van der Waals surface area contributed by atoms with E-state index in [1.165, 1.54) is 30.3 Å². The lowest BCUT2D eigenvalue weighted by molar-refractivity contribution is -0.384. The van der Waals surface area contributed by atoms with Gasteiger partial charge in [-0.05, 0) is 18.2 Å². The monoisotopic (exact) mass is 304 g/mol. The third-order valence-electron chi connectivity index (χ3n) is 2.85. The smallest absolute Gasteiger partial charge is 0.269 e. The Morgan fingerprint density at radius 2 is 1.86 bits per heavy atom. The van der Waals surface area contributed by atoms with Gasteiger partial charge in [-0.3, -0.25) is 14.9 Å². The van der Waals surface area contributed by atoms with E-state index in [4.69, 9.17) is 4.74 Å². The van der Waals surface area contributed by atoms with E-state index in [-0.39, 0.29) is 24.7 Å². The highest BCUT2D eigenvalue weighted by atomic mass is 19.1. The lowest BCUT2D eigenvalue weighted by atomic mass is 10.2. The van der Waals surface area contributed by atoms with Crippen molar-refractivity contribution >= 4 is 11.6 Å². The molecule has 0 aliphatic carbocycles. The van der Waals surface area contributed by atoms with Crippen molar-refractivity contribution in [3.05, 3.63) is 70.0 Å². The summed E-state index contributed by atoms with van der Waals surface area (Å²) in [5.41, 5.74) is 0.322. The summed E-state index contributed by atoms with van der Waals surface area (Å²) < 4.78 is 18.5. The summed E-state index contributed by atoms with van der Waals surface area (Å²) in [6, 6.07) is 11.5. The Kier molecular flexibility index (Phi) is 5.02. The molecular weight excluding hydrogens is 291 g/mol. The van der Waals surface area contributed by atoms with Crippen molar-refractivity contribution in [3.8, 4) is 5.75 Å². The Morgan fingerprint density at radius 1 is 1.18 bits per heavy atom. The molecule has 0 radical (unpaired) electrons. The molecule has 0 saturated carbocycles. The predicted molar refractivity (Wildman–Crippen MR) is 76.8 cm³/mol. The van der Waals surface area contributed by atoms with Gasteiger partial charge >= 0.3 is 0 Å². The number of rotatable bonds is 6. The molecule has 0 aromatic heterocycles. The first kappa shape index (κ1) is 15.4. The average molecular weight is 304 g/mol. The molecule has 0 bridgehead atoms. The number of carbonyl (C=O) groups excluding carboxylic acids is 1. The molecule has 0 heterocycles. The largest absolute Gasteiger partial charge is 0.484 e. The van der Waals surface area contributed by atoms with E-state index < -0.39 is 10.8 Å². The molecule has 2 aromatic carbocycles. The second kappa shape index (κ2) is 7.16. The van der Waals surface area contributed by atoms with Gasteiger partial charge in [0.1, 0.15) is 11.6 Å². The number of hydrogen-bond donors (Lipinski definition) is 1. The van der Waals surface area contributed by atoms with Crippen LogP contribution in [0.2, 0.25) is 0 Å². The Hall–Kier alpha value is -2.96. The van der Waals surface area contributed by atoms with Crippen molar-refractivity contribution in [2.24, 2.45) is 0 Å². The molecule has 0 aliphatic heterocycles. The first-order valence-corrected chi connectivity index (χ1v) is 6.43. The molecule has 0 aliphatic rings. The van der Waals surface area contributed by atoms with Gasteiger partial charge in [0.05, 0.1) is 4.92 Å². The maximum absolute atomic E-state index is 13.4. The lowest BCUT2D eigenvalue weighted by Gasteiger charge is -2.08. The normalized spacial score (nSPS) is 10.0. The predicted octanol–water partition coefficient (Wildman–Crippen LogP) is 2.43. The molecule has 0 saturated heterocycles. The second-order valence-corrected chi connectivity index (χ2v) is 4.41. The minimum atomic E-state index is -0.523. The molecule has 6 nitrogen and oxygen atoms in total. The fraction of sp³-hybridized carbons (Fsp3) is 0.133. The van der Waals surface area contributed by atoms with E-state index in [2.05, 4.69) is 5.32 Å². The maximum Gasteiger partial charge on any atom is 0.269 e. The van der Waals surface area contributed by atoms with Gasteiger partial charge in [-0.1, -0.05) is 18.2 Å². The number of nitrogens with one attached hydrogen (secondary N) is 1. The highest BCUT2D eigenvalue weighted by molar-refractivity contribution is 5.77. The highest BCUT2D eigenvalue weighted by Gasteiger charge is 2.07. The number of ether oxygens (including phenoxy) is 1.